The molecule has 0 unspecified atom stereocenters. The molecule has 0 amide bonds. The number of ether oxygens (including phenoxy) is 1. The highest BCUT2D eigenvalue weighted by molar-refractivity contribution is 5.31. The van der Waals surface area contributed by atoms with Crippen molar-refractivity contribution < 1.29 is 9.84 Å². The van der Waals surface area contributed by atoms with E-state index in [1.165, 1.54) is 51.4 Å². The Bertz CT molecular complexity index is 491. The van der Waals surface area contributed by atoms with Crippen LogP contribution in [-0.2, 0) is 5.60 Å². The third kappa shape index (κ3) is 3.96. The van der Waals surface area contributed by atoms with Gasteiger partial charge in [0.15, 0.2) is 0 Å². The molecule has 0 radical (unpaired) electrons. The lowest BCUT2D eigenvalue weighted by Gasteiger charge is -2.41. The van der Waals surface area contributed by atoms with Crippen LogP contribution in [0.1, 0.15) is 76.7 Å². The van der Waals surface area contributed by atoms with Gasteiger partial charge in [0.1, 0.15) is 5.75 Å². The van der Waals surface area contributed by atoms with E-state index in [0.717, 1.165) is 41.9 Å². The van der Waals surface area contributed by atoms with E-state index in [-0.39, 0.29) is 0 Å². The molecule has 0 aliphatic heterocycles. The monoisotopic (exact) mass is 330 g/mol. The van der Waals surface area contributed by atoms with Crippen molar-refractivity contribution >= 4 is 0 Å². The van der Waals surface area contributed by atoms with Crippen LogP contribution in [0.3, 0.4) is 0 Å². The Morgan fingerprint density at radius 3 is 2.08 bits per heavy atom. The molecule has 2 aliphatic rings. The smallest absolute Gasteiger partial charge is 0.118 e. The lowest BCUT2D eigenvalue weighted by molar-refractivity contribution is -0.0260. The van der Waals surface area contributed by atoms with Gasteiger partial charge in [-0.2, -0.15) is 0 Å². The van der Waals surface area contributed by atoms with Crippen LogP contribution in [0.25, 0.3) is 0 Å². The maximum atomic E-state index is 11.1. The van der Waals surface area contributed by atoms with Gasteiger partial charge in [-0.15, -0.1) is 0 Å². The Kier molecular flexibility index (Phi) is 5.86. The van der Waals surface area contributed by atoms with Gasteiger partial charge in [0.2, 0.25) is 0 Å². The van der Waals surface area contributed by atoms with E-state index < -0.39 is 5.60 Å². The van der Waals surface area contributed by atoms with Crippen molar-refractivity contribution in [3.63, 3.8) is 0 Å². The van der Waals surface area contributed by atoms with Gasteiger partial charge < -0.3 is 9.84 Å². The summed E-state index contributed by atoms with van der Waals surface area (Å²) < 4.78 is 5.23. The zero-order valence-electron chi connectivity index (χ0n) is 15.5. The maximum absolute atomic E-state index is 11.1. The largest absolute Gasteiger partial charge is 0.497 e. The van der Waals surface area contributed by atoms with Crippen LogP contribution in [0.5, 0.6) is 5.75 Å². The van der Waals surface area contributed by atoms with Crippen LogP contribution in [0.15, 0.2) is 24.3 Å². The third-order valence-electron chi connectivity index (χ3n) is 6.74. The zero-order chi connectivity index (χ0) is 17.0. The highest BCUT2D eigenvalue weighted by atomic mass is 16.5. The first-order valence-electron chi connectivity index (χ1n) is 10.0. The molecule has 0 heterocycles. The van der Waals surface area contributed by atoms with Crippen molar-refractivity contribution in [1.29, 1.82) is 0 Å². The quantitative estimate of drug-likeness (QED) is 0.752. The number of aliphatic hydroxyl groups is 1. The predicted molar refractivity (Wildman–Crippen MR) is 99.2 cm³/mol. The summed E-state index contributed by atoms with van der Waals surface area (Å²) >= 11 is 0. The van der Waals surface area contributed by atoms with Crippen LogP contribution >= 0.6 is 0 Å². The minimum Gasteiger partial charge on any atom is -0.497 e. The minimum absolute atomic E-state index is 0.623. The fourth-order valence-electron chi connectivity index (χ4n) is 5.14. The Balaban J connectivity index is 1.53. The van der Waals surface area contributed by atoms with Gasteiger partial charge in [0.25, 0.3) is 0 Å². The lowest BCUT2D eigenvalue weighted by Crippen LogP contribution is -2.34. The second-order valence-corrected chi connectivity index (χ2v) is 8.17. The van der Waals surface area contributed by atoms with Gasteiger partial charge in [-0.1, -0.05) is 44.7 Å². The number of methoxy groups -OCH3 is 1. The molecule has 2 saturated carbocycles. The van der Waals surface area contributed by atoms with Crippen molar-refractivity contribution in [1.82, 2.24) is 0 Å². The number of benzene rings is 1. The van der Waals surface area contributed by atoms with Crippen LogP contribution in [-0.4, -0.2) is 12.2 Å². The van der Waals surface area contributed by atoms with Crippen molar-refractivity contribution in [3.8, 4) is 5.75 Å². The molecule has 0 atom stereocenters. The highest BCUT2D eigenvalue weighted by Gasteiger charge is 2.38. The van der Waals surface area contributed by atoms with Crippen LogP contribution in [0.4, 0.5) is 0 Å². The summed E-state index contributed by atoms with van der Waals surface area (Å²) in [5.41, 5.74) is 0.441. The molecule has 2 fully saturated rings. The minimum atomic E-state index is -0.623. The van der Waals surface area contributed by atoms with Gasteiger partial charge in [-0.05, 0) is 74.0 Å². The lowest BCUT2D eigenvalue weighted by atomic mass is 9.66. The summed E-state index contributed by atoms with van der Waals surface area (Å²) in [6, 6.07) is 8.01. The third-order valence-corrected chi connectivity index (χ3v) is 6.74. The Labute approximate surface area is 147 Å². The van der Waals surface area contributed by atoms with E-state index in [1.807, 2.05) is 24.3 Å². The van der Waals surface area contributed by atoms with Gasteiger partial charge in [0.05, 0.1) is 12.7 Å². The SMILES string of the molecule is CCC[C@H]1CC[C@H](C2CCC(O)(c3ccc(OC)cc3)CC2)CC1. The molecule has 0 bridgehead atoms. The Hall–Kier alpha value is -1.02. The summed E-state index contributed by atoms with van der Waals surface area (Å²) in [6.07, 6.45) is 12.7. The van der Waals surface area contributed by atoms with Gasteiger partial charge in [-0.25, -0.2) is 0 Å². The topological polar surface area (TPSA) is 29.5 Å². The average molecular weight is 331 g/mol. The second-order valence-electron chi connectivity index (χ2n) is 8.17. The molecule has 1 aromatic carbocycles. The molecule has 134 valence electrons. The van der Waals surface area contributed by atoms with Crippen LogP contribution in [0.2, 0.25) is 0 Å². The molecule has 0 aromatic heterocycles. The Morgan fingerprint density at radius 2 is 1.54 bits per heavy atom. The fourth-order valence-corrected chi connectivity index (χ4v) is 5.14. The van der Waals surface area contributed by atoms with Crippen LogP contribution in [0, 0.1) is 17.8 Å². The molecule has 24 heavy (non-hydrogen) atoms. The van der Waals surface area contributed by atoms with E-state index >= 15 is 0 Å². The van der Waals surface area contributed by atoms with E-state index in [9.17, 15) is 5.11 Å². The molecule has 0 saturated heterocycles. The molecule has 3 rings (SSSR count). The second kappa shape index (κ2) is 7.91. The summed E-state index contributed by atoms with van der Waals surface area (Å²) in [5, 5.41) is 11.1. The molecule has 1 N–H and O–H groups in total. The van der Waals surface area contributed by atoms with Gasteiger partial charge in [0, 0.05) is 0 Å². The molecule has 2 heteroatoms. The van der Waals surface area contributed by atoms with E-state index in [1.54, 1.807) is 7.11 Å². The molecule has 0 spiro atoms. The number of hydrogen-bond donors (Lipinski definition) is 1. The first kappa shape index (κ1) is 17.8. The molecular weight excluding hydrogens is 296 g/mol. The number of hydrogen-bond acceptors (Lipinski definition) is 2. The predicted octanol–water partition coefficient (Wildman–Crippen LogP) is 5.68. The summed E-state index contributed by atoms with van der Waals surface area (Å²) in [7, 11) is 1.68. The summed E-state index contributed by atoms with van der Waals surface area (Å²) in [4.78, 5) is 0. The van der Waals surface area contributed by atoms with E-state index in [0.29, 0.717) is 0 Å². The van der Waals surface area contributed by atoms with E-state index in [4.69, 9.17) is 4.74 Å². The average Bonchev–Trinajstić information content (AvgIpc) is 2.63. The molecule has 2 nitrogen and oxygen atoms in total. The zero-order valence-corrected chi connectivity index (χ0v) is 15.5. The fraction of sp³-hybridized carbons (Fsp3) is 0.727. The van der Waals surface area contributed by atoms with Crippen molar-refractivity contribution in [3.05, 3.63) is 29.8 Å². The van der Waals surface area contributed by atoms with Gasteiger partial charge in [-0.3, -0.25) is 0 Å². The highest BCUT2D eigenvalue weighted by Crippen LogP contribution is 2.46. The van der Waals surface area contributed by atoms with E-state index in [2.05, 4.69) is 6.92 Å². The van der Waals surface area contributed by atoms with Crippen molar-refractivity contribution in [2.24, 2.45) is 17.8 Å². The maximum Gasteiger partial charge on any atom is 0.118 e. The standard InChI is InChI=1S/C22H34O2/c1-3-4-17-5-7-18(8-6-17)19-13-15-22(23,16-14-19)20-9-11-21(24-2)12-10-20/h9-12,17-19,23H,3-8,13-16H2,1-2H3/t17-,18-,19?,22?. The van der Waals surface area contributed by atoms with Gasteiger partial charge >= 0.3 is 0 Å². The first-order chi connectivity index (χ1) is 11.6. The summed E-state index contributed by atoms with van der Waals surface area (Å²) in [5.74, 6) is 3.61. The van der Waals surface area contributed by atoms with Crippen molar-refractivity contribution in [2.75, 3.05) is 7.11 Å². The Morgan fingerprint density at radius 1 is 0.958 bits per heavy atom. The summed E-state index contributed by atoms with van der Waals surface area (Å²) in [6.45, 7) is 2.31. The molecule has 1 aromatic rings. The first-order valence-corrected chi connectivity index (χ1v) is 10.0. The molecule has 2 aliphatic carbocycles. The number of rotatable bonds is 5. The normalized spacial score (nSPS) is 34.0. The molecular formula is C22H34O2. The van der Waals surface area contributed by atoms with Crippen LogP contribution < -0.4 is 4.74 Å². The van der Waals surface area contributed by atoms with Crippen molar-refractivity contribution in [2.45, 2.75) is 76.7 Å².